The fourth-order valence-corrected chi connectivity index (χ4v) is 3.05. The van der Waals surface area contributed by atoms with E-state index in [1.54, 1.807) is 0 Å². The quantitative estimate of drug-likeness (QED) is 0.777. The summed E-state index contributed by atoms with van der Waals surface area (Å²) in [6.45, 7) is 13.7. The van der Waals surface area contributed by atoms with E-state index in [0.29, 0.717) is 24.0 Å². The molecule has 20 heavy (non-hydrogen) atoms. The Labute approximate surface area is 124 Å². The highest BCUT2D eigenvalue weighted by molar-refractivity contribution is 5.59. The summed E-state index contributed by atoms with van der Waals surface area (Å²) in [4.78, 5) is 4.90. The number of para-hydroxylation sites is 1. The molecule has 0 saturated heterocycles. The summed E-state index contributed by atoms with van der Waals surface area (Å²) in [6, 6.07) is 9.31. The fourth-order valence-electron chi connectivity index (χ4n) is 3.05. The first kappa shape index (κ1) is 15.0. The van der Waals surface area contributed by atoms with Gasteiger partial charge >= 0.3 is 0 Å². The Morgan fingerprint density at radius 3 is 2.10 bits per heavy atom. The summed E-state index contributed by atoms with van der Waals surface area (Å²) in [7, 11) is 0. The second-order valence-corrected chi connectivity index (χ2v) is 6.62. The number of rotatable bonds is 4. The Kier molecular flexibility index (Phi) is 4.42. The molecule has 0 fully saturated rings. The number of hydrogen-bond acceptors (Lipinski definition) is 2. The molecule has 1 aromatic carbocycles. The van der Waals surface area contributed by atoms with Crippen LogP contribution in [0.1, 0.15) is 53.0 Å². The molecule has 0 N–H and O–H groups in total. The first-order chi connectivity index (χ1) is 9.43. The molecular formula is C18H28N2. The zero-order chi connectivity index (χ0) is 14.9. The van der Waals surface area contributed by atoms with Gasteiger partial charge in [-0.15, -0.1) is 0 Å². The number of hydrogen-bond donors (Lipinski definition) is 0. The topological polar surface area (TPSA) is 6.48 Å². The van der Waals surface area contributed by atoms with E-state index < -0.39 is 0 Å². The zero-order valence-corrected chi connectivity index (χ0v) is 13.7. The maximum atomic E-state index is 2.46. The van der Waals surface area contributed by atoms with Gasteiger partial charge in [-0.1, -0.05) is 45.9 Å². The average Bonchev–Trinajstić information content (AvgIpc) is 2.83. The van der Waals surface area contributed by atoms with Crippen LogP contribution in [0.25, 0.3) is 0 Å². The maximum Gasteiger partial charge on any atom is 0.108 e. The highest BCUT2D eigenvalue weighted by Crippen LogP contribution is 2.35. The van der Waals surface area contributed by atoms with Gasteiger partial charge in [-0.25, -0.2) is 0 Å². The zero-order valence-electron chi connectivity index (χ0n) is 13.7. The van der Waals surface area contributed by atoms with Crippen molar-refractivity contribution in [1.82, 2.24) is 4.90 Å². The van der Waals surface area contributed by atoms with Crippen LogP contribution < -0.4 is 4.90 Å². The summed E-state index contributed by atoms with van der Waals surface area (Å²) < 4.78 is 0. The molecule has 0 bridgehead atoms. The lowest BCUT2D eigenvalue weighted by atomic mass is 9.99. The lowest BCUT2D eigenvalue weighted by molar-refractivity contribution is 0.201. The van der Waals surface area contributed by atoms with Gasteiger partial charge in [-0.2, -0.15) is 0 Å². The Bertz CT molecular complexity index is 474. The SMILES string of the molecule is CC(C)c1ccccc1N1C=CN(C(C)C)C1C(C)C. The predicted octanol–water partition coefficient (Wildman–Crippen LogP) is 4.79. The summed E-state index contributed by atoms with van der Waals surface area (Å²) >= 11 is 0. The second-order valence-electron chi connectivity index (χ2n) is 6.62. The molecule has 1 aromatic rings. The van der Waals surface area contributed by atoms with Crippen molar-refractivity contribution in [2.24, 2.45) is 5.92 Å². The molecule has 1 unspecified atom stereocenters. The first-order valence-corrected chi connectivity index (χ1v) is 7.76. The summed E-state index contributed by atoms with van der Waals surface area (Å²) in [5.74, 6) is 1.12. The van der Waals surface area contributed by atoms with E-state index in [-0.39, 0.29) is 0 Å². The maximum absolute atomic E-state index is 2.46. The van der Waals surface area contributed by atoms with Gasteiger partial charge in [-0.05, 0) is 37.3 Å². The molecule has 1 atom stereocenters. The summed E-state index contributed by atoms with van der Waals surface area (Å²) in [6.07, 6.45) is 4.90. The minimum Gasteiger partial charge on any atom is -0.353 e. The Hall–Kier alpha value is -1.44. The van der Waals surface area contributed by atoms with Gasteiger partial charge in [0.05, 0.1) is 0 Å². The van der Waals surface area contributed by atoms with Gasteiger partial charge in [0.15, 0.2) is 0 Å². The van der Waals surface area contributed by atoms with Crippen LogP contribution in [-0.2, 0) is 0 Å². The summed E-state index contributed by atoms with van der Waals surface area (Å²) in [5, 5.41) is 0. The van der Waals surface area contributed by atoms with E-state index in [1.165, 1.54) is 11.3 Å². The molecule has 2 heteroatoms. The molecule has 1 heterocycles. The second kappa shape index (κ2) is 5.90. The molecule has 0 aromatic heterocycles. The van der Waals surface area contributed by atoms with Crippen LogP contribution in [-0.4, -0.2) is 17.1 Å². The van der Waals surface area contributed by atoms with Gasteiger partial charge in [0.1, 0.15) is 6.17 Å². The van der Waals surface area contributed by atoms with E-state index >= 15 is 0 Å². The average molecular weight is 272 g/mol. The Morgan fingerprint density at radius 1 is 0.900 bits per heavy atom. The first-order valence-electron chi connectivity index (χ1n) is 7.76. The third kappa shape index (κ3) is 2.70. The van der Waals surface area contributed by atoms with Crippen LogP contribution in [0, 0.1) is 5.92 Å². The van der Waals surface area contributed by atoms with Gasteiger partial charge in [0, 0.05) is 24.1 Å². The van der Waals surface area contributed by atoms with E-state index in [2.05, 4.69) is 88.0 Å². The molecule has 1 aliphatic heterocycles. The van der Waals surface area contributed by atoms with E-state index in [0.717, 1.165) is 0 Å². The van der Waals surface area contributed by atoms with Crippen LogP contribution in [0.4, 0.5) is 5.69 Å². The van der Waals surface area contributed by atoms with E-state index in [9.17, 15) is 0 Å². The monoisotopic (exact) mass is 272 g/mol. The molecule has 2 rings (SSSR count). The summed E-state index contributed by atoms with van der Waals surface area (Å²) in [5.41, 5.74) is 2.77. The Morgan fingerprint density at radius 2 is 1.55 bits per heavy atom. The van der Waals surface area contributed by atoms with Crippen molar-refractivity contribution in [2.45, 2.75) is 59.7 Å². The van der Waals surface area contributed by atoms with Crippen molar-refractivity contribution < 1.29 is 0 Å². The van der Waals surface area contributed by atoms with Gasteiger partial charge in [-0.3, -0.25) is 0 Å². The minimum atomic E-state index is 0.412. The molecule has 1 aliphatic rings. The third-order valence-corrected chi connectivity index (χ3v) is 4.02. The van der Waals surface area contributed by atoms with E-state index in [4.69, 9.17) is 0 Å². The molecule has 110 valence electrons. The molecule has 0 aliphatic carbocycles. The standard InChI is InChI=1S/C18H28N2/c1-13(2)16-9-7-8-10-17(16)20-12-11-19(15(5)6)18(20)14(3)4/h7-15,18H,1-6H3. The van der Waals surface area contributed by atoms with Crippen molar-refractivity contribution in [3.05, 3.63) is 42.2 Å². The molecule has 2 nitrogen and oxygen atoms in total. The molecule has 0 saturated carbocycles. The Balaban J connectivity index is 2.40. The molecule has 0 amide bonds. The van der Waals surface area contributed by atoms with Gasteiger partial charge in [0.2, 0.25) is 0 Å². The number of benzene rings is 1. The number of anilines is 1. The smallest absolute Gasteiger partial charge is 0.108 e. The highest BCUT2D eigenvalue weighted by atomic mass is 15.4. The lowest BCUT2D eigenvalue weighted by Gasteiger charge is -2.38. The van der Waals surface area contributed by atoms with Crippen LogP contribution >= 0.6 is 0 Å². The van der Waals surface area contributed by atoms with Crippen molar-refractivity contribution in [2.75, 3.05) is 4.90 Å². The highest BCUT2D eigenvalue weighted by Gasteiger charge is 2.32. The van der Waals surface area contributed by atoms with Crippen LogP contribution in [0.3, 0.4) is 0 Å². The van der Waals surface area contributed by atoms with Crippen LogP contribution in [0.15, 0.2) is 36.7 Å². The predicted molar refractivity (Wildman–Crippen MR) is 87.8 cm³/mol. The van der Waals surface area contributed by atoms with Gasteiger partial charge < -0.3 is 9.80 Å². The minimum absolute atomic E-state index is 0.412. The van der Waals surface area contributed by atoms with Crippen LogP contribution in [0.2, 0.25) is 0 Å². The number of nitrogens with zero attached hydrogens (tertiary/aromatic N) is 2. The van der Waals surface area contributed by atoms with Crippen molar-refractivity contribution >= 4 is 5.69 Å². The van der Waals surface area contributed by atoms with Crippen molar-refractivity contribution in [3.8, 4) is 0 Å². The third-order valence-electron chi connectivity index (χ3n) is 4.02. The largest absolute Gasteiger partial charge is 0.353 e. The fraction of sp³-hybridized carbons (Fsp3) is 0.556. The molecular weight excluding hydrogens is 244 g/mol. The van der Waals surface area contributed by atoms with Crippen LogP contribution in [0.5, 0.6) is 0 Å². The molecule has 0 spiro atoms. The lowest BCUT2D eigenvalue weighted by Crippen LogP contribution is -2.45. The van der Waals surface area contributed by atoms with E-state index in [1.807, 2.05) is 0 Å². The van der Waals surface area contributed by atoms with Crippen molar-refractivity contribution in [3.63, 3.8) is 0 Å². The molecule has 0 radical (unpaired) electrons. The van der Waals surface area contributed by atoms with Gasteiger partial charge in [0.25, 0.3) is 0 Å². The van der Waals surface area contributed by atoms with Crippen molar-refractivity contribution in [1.29, 1.82) is 0 Å². The normalized spacial score (nSPS) is 18.9.